The molecule has 0 aliphatic carbocycles. The number of rotatable bonds is 13. The minimum Gasteiger partial charge on any atom is -0.463 e. The molecule has 0 aliphatic rings. The van der Waals surface area contributed by atoms with E-state index in [0.717, 1.165) is 12.8 Å². The molecule has 0 saturated heterocycles. The van der Waals surface area contributed by atoms with Crippen LogP contribution in [0.25, 0.3) is 0 Å². The summed E-state index contributed by atoms with van der Waals surface area (Å²) in [4.78, 5) is 11.1. The van der Waals surface area contributed by atoms with E-state index in [-0.39, 0.29) is 5.97 Å². The first kappa shape index (κ1) is 19.9. The highest BCUT2D eigenvalue weighted by Gasteiger charge is 1.94. The molecule has 0 saturated carbocycles. The summed E-state index contributed by atoms with van der Waals surface area (Å²) in [6.45, 7) is 6.74. The van der Waals surface area contributed by atoms with Crippen molar-refractivity contribution in [3.05, 3.63) is 23.8 Å². The van der Waals surface area contributed by atoms with Gasteiger partial charge >= 0.3 is 5.97 Å². The first-order valence-electron chi connectivity index (χ1n) is 8.69. The van der Waals surface area contributed by atoms with Gasteiger partial charge in [-0.25, -0.2) is 4.79 Å². The zero-order valence-electron chi connectivity index (χ0n) is 14.3. The Balaban J connectivity index is 3.50. The Bertz CT molecular complexity index is 303. The minimum absolute atomic E-state index is 0.235. The van der Waals surface area contributed by atoms with Crippen LogP contribution in [-0.2, 0) is 9.53 Å². The van der Waals surface area contributed by atoms with E-state index in [1.807, 2.05) is 13.0 Å². The molecule has 122 valence electrons. The third kappa shape index (κ3) is 15.2. The Morgan fingerprint density at radius 1 is 0.952 bits per heavy atom. The van der Waals surface area contributed by atoms with Crippen molar-refractivity contribution >= 4 is 5.97 Å². The number of ether oxygens (including phenoxy) is 1. The molecular weight excluding hydrogens is 260 g/mol. The highest BCUT2D eigenvalue weighted by molar-refractivity contribution is 5.81. The van der Waals surface area contributed by atoms with Gasteiger partial charge < -0.3 is 4.74 Å². The highest BCUT2D eigenvalue weighted by Crippen LogP contribution is 2.12. The maximum Gasteiger partial charge on any atom is 0.330 e. The molecule has 2 heteroatoms. The van der Waals surface area contributed by atoms with Crippen LogP contribution < -0.4 is 0 Å². The lowest BCUT2D eigenvalue weighted by atomic mass is 10.0. The topological polar surface area (TPSA) is 26.3 Å². The fourth-order valence-corrected chi connectivity index (χ4v) is 2.26. The van der Waals surface area contributed by atoms with Crippen molar-refractivity contribution < 1.29 is 9.53 Å². The van der Waals surface area contributed by atoms with Gasteiger partial charge in [0.25, 0.3) is 0 Å². The van der Waals surface area contributed by atoms with E-state index < -0.39 is 0 Å². The van der Waals surface area contributed by atoms with Gasteiger partial charge in [0.1, 0.15) is 0 Å². The van der Waals surface area contributed by atoms with E-state index >= 15 is 0 Å². The van der Waals surface area contributed by atoms with Crippen molar-refractivity contribution in [1.29, 1.82) is 0 Å². The lowest BCUT2D eigenvalue weighted by Crippen LogP contribution is -1.98. The van der Waals surface area contributed by atoms with Gasteiger partial charge in [-0.3, -0.25) is 0 Å². The summed E-state index contributed by atoms with van der Waals surface area (Å²) < 4.78 is 4.83. The normalized spacial score (nSPS) is 12.0. The average molecular weight is 294 g/mol. The number of allylic oxidation sites excluding steroid dienone is 3. The molecule has 0 aromatic heterocycles. The molecule has 0 atom stereocenters. The van der Waals surface area contributed by atoms with Gasteiger partial charge in [0.05, 0.1) is 6.61 Å². The van der Waals surface area contributed by atoms with Crippen LogP contribution in [0.2, 0.25) is 0 Å². The third-order valence-corrected chi connectivity index (χ3v) is 3.54. The third-order valence-electron chi connectivity index (χ3n) is 3.54. The van der Waals surface area contributed by atoms with Gasteiger partial charge in [0.2, 0.25) is 0 Å². The van der Waals surface area contributed by atoms with Gasteiger partial charge in [-0.05, 0) is 39.5 Å². The fourth-order valence-electron chi connectivity index (χ4n) is 2.26. The Morgan fingerprint density at radius 3 is 2.29 bits per heavy atom. The number of hydrogen-bond acceptors (Lipinski definition) is 2. The molecule has 0 spiro atoms. The van der Waals surface area contributed by atoms with Crippen molar-refractivity contribution in [2.45, 2.75) is 85.0 Å². The van der Waals surface area contributed by atoms with Gasteiger partial charge in [-0.2, -0.15) is 0 Å². The monoisotopic (exact) mass is 294 g/mol. The van der Waals surface area contributed by atoms with Gasteiger partial charge in [-0.1, -0.05) is 63.2 Å². The van der Waals surface area contributed by atoms with E-state index in [9.17, 15) is 4.79 Å². The zero-order valence-corrected chi connectivity index (χ0v) is 14.3. The molecule has 0 amide bonds. The van der Waals surface area contributed by atoms with Crippen molar-refractivity contribution in [1.82, 2.24) is 0 Å². The molecule has 0 rings (SSSR count). The summed E-state index contributed by atoms with van der Waals surface area (Å²) in [6, 6.07) is 0. The molecule has 0 radical (unpaired) electrons. The number of carbonyl (C=O) groups excluding carboxylic acids is 1. The molecule has 0 aliphatic heterocycles. The Morgan fingerprint density at radius 2 is 1.62 bits per heavy atom. The number of hydrogen-bond donors (Lipinski definition) is 0. The fraction of sp³-hybridized carbons (Fsp3) is 0.737. The second kappa shape index (κ2) is 15.3. The summed E-state index contributed by atoms with van der Waals surface area (Å²) in [7, 11) is 0. The molecule has 21 heavy (non-hydrogen) atoms. The van der Waals surface area contributed by atoms with Crippen molar-refractivity contribution in [2.24, 2.45) is 0 Å². The van der Waals surface area contributed by atoms with Crippen LogP contribution in [0.15, 0.2) is 23.8 Å². The van der Waals surface area contributed by atoms with Crippen molar-refractivity contribution in [3.63, 3.8) is 0 Å². The number of carbonyl (C=O) groups is 1. The second-order valence-corrected chi connectivity index (χ2v) is 5.65. The SMILES string of the molecule is CCCCCCCCC/C(C)=C/CC/C=C/C(=O)OCC. The van der Waals surface area contributed by atoms with Crippen LogP contribution in [0.5, 0.6) is 0 Å². The van der Waals surface area contributed by atoms with Crippen LogP contribution >= 0.6 is 0 Å². The van der Waals surface area contributed by atoms with E-state index in [4.69, 9.17) is 4.74 Å². The smallest absolute Gasteiger partial charge is 0.330 e. The Kier molecular flexibility index (Phi) is 14.6. The Hall–Kier alpha value is -1.05. The molecule has 0 fully saturated rings. The van der Waals surface area contributed by atoms with Crippen molar-refractivity contribution in [2.75, 3.05) is 6.61 Å². The molecule has 0 bridgehead atoms. The van der Waals surface area contributed by atoms with E-state index in [1.54, 1.807) is 0 Å². The molecule has 0 heterocycles. The standard InChI is InChI=1S/C19H34O2/c1-4-6-7-8-9-10-12-15-18(3)16-13-11-14-17-19(20)21-5-2/h14,16-17H,4-13,15H2,1-3H3/b17-14+,18-16+. The van der Waals surface area contributed by atoms with Crippen LogP contribution in [0.3, 0.4) is 0 Å². The Labute approximate surface area is 131 Å². The van der Waals surface area contributed by atoms with Crippen LogP contribution in [0, 0.1) is 0 Å². The average Bonchev–Trinajstić information content (AvgIpc) is 2.46. The van der Waals surface area contributed by atoms with Crippen LogP contribution in [0.4, 0.5) is 0 Å². The molecule has 0 aromatic rings. The summed E-state index contributed by atoms with van der Waals surface area (Å²) in [5.74, 6) is -0.235. The van der Waals surface area contributed by atoms with Gasteiger partial charge in [0, 0.05) is 6.08 Å². The lowest BCUT2D eigenvalue weighted by Gasteiger charge is -2.02. The van der Waals surface area contributed by atoms with Gasteiger partial charge in [-0.15, -0.1) is 0 Å². The quantitative estimate of drug-likeness (QED) is 0.181. The lowest BCUT2D eigenvalue weighted by molar-refractivity contribution is -0.137. The summed E-state index contributed by atoms with van der Waals surface area (Å²) in [6.07, 6.45) is 18.4. The molecule has 0 N–H and O–H groups in total. The molecule has 0 aromatic carbocycles. The second-order valence-electron chi connectivity index (χ2n) is 5.65. The largest absolute Gasteiger partial charge is 0.463 e. The molecule has 0 unspecified atom stereocenters. The predicted molar refractivity (Wildman–Crippen MR) is 91.4 cm³/mol. The minimum atomic E-state index is -0.235. The van der Waals surface area contributed by atoms with E-state index in [1.165, 1.54) is 63.0 Å². The first-order valence-corrected chi connectivity index (χ1v) is 8.69. The van der Waals surface area contributed by atoms with Crippen molar-refractivity contribution in [3.8, 4) is 0 Å². The van der Waals surface area contributed by atoms with Gasteiger partial charge in [0.15, 0.2) is 0 Å². The first-order chi connectivity index (χ1) is 10.2. The maximum absolute atomic E-state index is 11.1. The summed E-state index contributed by atoms with van der Waals surface area (Å²) >= 11 is 0. The number of unbranched alkanes of at least 4 members (excludes halogenated alkanes) is 7. The maximum atomic E-state index is 11.1. The highest BCUT2D eigenvalue weighted by atomic mass is 16.5. The number of esters is 1. The predicted octanol–water partition coefficient (Wildman–Crippen LogP) is 5.97. The molecular formula is C19H34O2. The molecule has 2 nitrogen and oxygen atoms in total. The van der Waals surface area contributed by atoms with Crippen LogP contribution in [-0.4, -0.2) is 12.6 Å². The van der Waals surface area contributed by atoms with E-state index in [2.05, 4.69) is 19.9 Å². The van der Waals surface area contributed by atoms with E-state index in [0.29, 0.717) is 6.61 Å². The van der Waals surface area contributed by atoms with Crippen LogP contribution in [0.1, 0.15) is 85.0 Å². The summed E-state index contributed by atoms with van der Waals surface area (Å²) in [5, 5.41) is 0. The zero-order chi connectivity index (χ0) is 15.8. The summed E-state index contributed by atoms with van der Waals surface area (Å²) in [5.41, 5.74) is 1.48.